The van der Waals surface area contributed by atoms with E-state index in [2.05, 4.69) is 50.5 Å². The lowest BCUT2D eigenvalue weighted by Crippen LogP contribution is -2.31. The molecule has 3 N–H and O–H groups in total. The van der Waals surface area contributed by atoms with Gasteiger partial charge in [0.15, 0.2) is 5.78 Å². The Morgan fingerprint density at radius 1 is 1.00 bits per heavy atom. The number of hydrogen-bond acceptors (Lipinski definition) is 4. The maximum atomic E-state index is 13.1. The maximum absolute atomic E-state index is 13.1. The minimum atomic E-state index is -0.236. The van der Waals surface area contributed by atoms with Crippen LogP contribution < -0.4 is 10.6 Å². The third-order valence-electron chi connectivity index (χ3n) is 5.65. The molecule has 0 amide bonds. The number of anilines is 2. The quantitative estimate of drug-likeness (QED) is 0.650. The zero-order chi connectivity index (χ0) is 19.3. The Morgan fingerprint density at radius 3 is 2.30 bits per heavy atom. The Balaban J connectivity index is 1.90. The van der Waals surface area contributed by atoms with Gasteiger partial charge in [-0.3, -0.25) is 4.79 Å². The number of Topliss-reactive ketones (excluding diaryl/α,β-unsaturated/α-hetero) is 1. The highest BCUT2D eigenvalue weighted by molar-refractivity contribution is 6.01. The largest absolute Gasteiger partial charge is 0.508 e. The summed E-state index contributed by atoms with van der Waals surface area (Å²) in [6, 6.07) is 11.2. The van der Waals surface area contributed by atoms with Gasteiger partial charge in [-0.15, -0.1) is 0 Å². The monoisotopic (exact) mass is 362 g/mol. The molecule has 0 saturated heterocycles. The molecule has 2 aromatic rings. The molecule has 0 saturated carbocycles. The minimum Gasteiger partial charge on any atom is -0.508 e. The van der Waals surface area contributed by atoms with Crippen molar-refractivity contribution in [3.05, 3.63) is 64.4 Å². The van der Waals surface area contributed by atoms with Gasteiger partial charge < -0.3 is 15.7 Å². The van der Waals surface area contributed by atoms with Crippen molar-refractivity contribution in [3.8, 4) is 5.75 Å². The lowest BCUT2D eigenvalue weighted by molar-refractivity contribution is -0.118. The number of hydrogen-bond donors (Lipinski definition) is 3. The first-order valence-electron chi connectivity index (χ1n) is 9.43. The first-order chi connectivity index (χ1) is 12.7. The summed E-state index contributed by atoms with van der Waals surface area (Å²) in [5, 5.41) is 16.8. The van der Waals surface area contributed by atoms with Crippen molar-refractivity contribution < 1.29 is 9.90 Å². The molecule has 2 aliphatic rings. The Kier molecular flexibility index (Phi) is 4.02. The summed E-state index contributed by atoms with van der Waals surface area (Å²) >= 11 is 0. The van der Waals surface area contributed by atoms with Crippen LogP contribution in [0, 0.1) is 19.3 Å². The highest BCUT2D eigenvalue weighted by Crippen LogP contribution is 2.46. The minimum absolute atomic E-state index is 0.0628. The van der Waals surface area contributed by atoms with Crippen LogP contribution in [-0.2, 0) is 4.79 Å². The van der Waals surface area contributed by atoms with Crippen molar-refractivity contribution >= 4 is 17.2 Å². The van der Waals surface area contributed by atoms with E-state index in [1.54, 1.807) is 12.1 Å². The molecule has 0 spiro atoms. The van der Waals surface area contributed by atoms with Crippen LogP contribution in [0.4, 0.5) is 11.4 Å². The van der Waals surface area contributed by atoms with Crippen LogP contribution in [0.3, 0.4) is 0 Å². The second kappa shape index (κ2) is 6.15. The number of phenolic OH excluding ortho intramolecular Hbond substituents is 1. The highest BCUT2D eigenvalue weighted by atomic mass is 16.3. The fraction of sp³-hybridized carbons (Fsp3) is 0.348. The average molecular weight is 362 g/mol. The van der Waals surface area contributed by atoms with E-state index in [9.17, 15) is 9.90 Å². The zero-order valence-corrected chi connectivity index (χ0v) is 16.3. The number of phenols is 1. The Bertz CT molecular complexity index is 955. The molecule has 0 fully saturated rings. The van der Waals surface area contributed by atoms with Crippen molar-refractivity contribution in [2.45, 2.75) is 46.6 Å². The summed E-state index contributed by atoms with van der Waals surface area (Å²) in [5.41, 5.74) is 7.16. The standard InChI is InChI=1S/C23H26N2O2/c1-13-9-17-18(10-14(13)2)25-22(15-5-7-16(26)8-6-15)21-19(24-17)11-23(3,4)12-20(21)27/h5-10,22,24-26H,11-12H2,1-4H3/t22-/m0/s1. The van der Waals surface area contributed by atoms with Crippen LogP contribution in [0.1, 0.15) is 49.4 Å². The first-order valence-corrected chi connectivity index (χ1v) is 9.43. The molecule has 0 bridgehead atoms. The molecule has 0 aromatic heterocycles. The average Bonchev–Trinajstić information content (AvgIpc) is 2.71. The molecule has 2 aromatic carbocycles. The van der Waals surface area contributed by atoms with Gasteiger partial charge in [-0.2, -0.15) is 0 Å². The van der Waals surface area contributed by atoms with Gasteiger partial charge in [0.05, 0.1) is 17.4 Å². The van der Waals surface area contributed by atoms with E-state index in [1.807, 2.05) is 12.1 Å². The van der Waals surface area contributed by atoms with Crippen LogP contribution in [0.25, 0.3) is 0 Å². The van der Waals surface area contributed by atoms with Crippen molar-refractivity contribution in [2.24, 2.45) is 5.41 Å². The van der Waals surface area contributed by atoms with Gasteiger partial charge in [0, 0.05) is 17.7 Å². The topological polar surface area (TPSA) is 61.4 Å². The maximum Gasteiger partial charge on any atom is 0.163 e. The number of rotatable bonds is 1. The van der Waals surface area contributed by atoms with Crippen LogP contribution in [0.15, 0.2) is 47.7 Å². The summed E-state index contributed by atoms with van der Waals surface area (Å²) in [4.78, 5) is 13.1. The van der Waals surface area contributed by atoms with Gasteiger partial charge in [0.2, 0.25) is 0 Å². The lowest BCUT2D eigenvalue weighted by Gasteiger charge is -2.34. The number of ketones is 1. The Morgan fingerprint density at radius 2 is 1.63 bits per heavy atom. The van der Waals surface area contributed by atoms with Crippen LogP contribution >= 0.6 is 0 Å². The number of aromatic hydroxyl groups is 1. The van der Waals surface area contributed by atoms with Gasteiger partial charge >= 0.3 is 0 Å². The Hall–Kier alpha value is -2.75. The third-order valence-corrected chi connectivity index (χ3v) is 5.65. The van der Waals surface area contributed by atoms with Crippen LogP contribution in [0.2, 0.25) is 0 Å². The number of nitrogens with one attached hydrogen (secondary N) is 2. The SMILES string of the molecule is Cc1cc2c(cc1C)N[C@@H](c1ccc(O)cc1)C1=C(CC(C)(C)CC1=O)N2. The highest BCUT2D eigenvalue weighted by Gasteiger charge is 2.38. The fourth-order valence-corrected chi connectivity index (χ4v) is 4.13. The molecule has 27 heavy (non-hydrogen) atoms. The summed E-state index contributed by atoms with van der Waals surface area (Å²) < 4.78 is 0. The van der Waals surface area contributed by atoms with Crippen molar-refractivity contribution in [1.29, 1.82) is 0 Å². The van der Waals surface area contributed by atoms with E-state index >= 15 is 0 Å². The lowest BCUT2D eigenvalue weighted by atomic mass is 9.73. The van der Waals surface area contributed by atoms with Gasteiger partial charge in [0.25, 0.3) is 0 Å². The van der Waals surface area contributed by atoms with Crippen LogP contribution in [0.5, 0.6) is 5.75 Å². The summed E-state index contributed by atoms with van der Waals surface area (Å²) in [6.45, 7) is 8.49. The van der Waals surface area contributed by atoms with Gasteiger partial charge in [-0.05, 0) is 66.6 Å². The molecule has 4 rings (SSSR count). The van der Waals surface area contributed by atoms with E-state index in [0.717, 1.165) is 34.6 Å². The first kappa shape index (κ1) is 17.7. The van der Waals surface area contributed by atoms with Crippen molar-refractivity contribution in [3.63, 3.8) is 0 Å². The molecule has 1 atom stereocenters. The van der Waals surface area contributed by atoms with Crippen LogP contribution in [-0.4, -0.2) is 10.9 Å². The number of benzene rings is 2. The molecule has 4 heteroatoms. The number of allylic oxidation sites excluding steroid dienone is 1. The second-order valence-corrected chi connectivity index (χ2v) is 8.61. The van der Waals surface area contributed by atoms with E-state index < -0.39 is 0 Å². The summed E-state index contributed by atoms with van der Waals surface area (Å²) in [7, 11) is 0. The van der Waals surface area contributed by atoms with Gasteiger partial charge in [0.1, 0.15) is 5.75 Å². The summed E-state index contributed by atoms with van der Waals surface area (Å²) in [6.07, 6.45) is 1.37. The molecule has 1 heterocycles. The number of aryl methyl sites for hydroxylation is 2. The van der Waals surface area contributed by atoms with E-state index in [1.165, 1.54) is 11.1 Å². The number of carbonyl (C=O) groups is 1. The molecule has 140 valence electrons. The van der Waals surface area contributed by atoms with Crippen molar-refractivity contribution in [2.75, 3.05) is 10.6 Å². The molecular weight excluding hydrogens is 336 g/mol. The third kappa shape index (κ3) is 3.20. The number of carbonyl (C=O) groups excluding carboxylic acids is 1. The number of fused-ring (bicyclic) bond motifs is 1. The molecule has 0 unspecified atom stereocenters. The normalized spacial score (nSPS) is 20.9. The fourth-order valence-electron chi connectivity index (χ4n) is 4.13. The molecule has 1 aliphatic heterocycles. The zero-order valence-electron chi connectivity index (χ0n) is 16.3. The van der Waals surface area contributed by atoms with Gasteiger partial charge in [-0.25, -0.2) is 0 Å². The second-order valence-electron chi connectivity index (χ2n) is 8.61. The Labute approximate surface area is 160 Å². The smallest absolute Gasteiger partial charge is 0.163 e. The molecular formula is C23H26N2O2. The predicted octanol–water partition coefficient (Wildman–Crippen LogP) is 5.23. The van der Waals surface area contributed by atoms with E-state index in [4.69, 9.17) is 0 Å². The predicted molar refractivity (Wildman–Crippen MR) is 109 cm³/mol. The van der Waals surface area contributed by atoms with E-state index in [-0.39, 0.29) is 23.0 Å². The van der Waals surface area contributed by atoms with E-state index in [0.29, 0.717) is 6.42 Å². The molecule has 0 radical (unpaired) electrons. The van der Waals surface area contributed by atoms with Gasteiger partial charge in [-0.1, -0.05) is 26.0 Å². The molecule has 1 aliphatic carbocycles. The summed E-state index contributed by atoms with van der Waals surface area (Å²) in [5.74, 6) is 0.406. The molecule has 4 nitrogen and oxygen atoms in total. The van der Waals surface area contributed by atoms with Crippen molar-refractivity contribution in [1.82, 2.24) is 0 Å².